The van der Waals surface area contributed by atoms with Gasteiger partial charge in [0.25, 0.3) is 0 Å². The van der Waals surface area contributed by atoms with Crippen molar-refractivity contribution in [3.05, 3.63) is 54.6 Å². The molecule has 1 N–H and O–H groups in total. The number of ether oxygens (including phenoxy) is 2. The minimum absolute atomic E-state index is 0.135. The first-order valence-corrected chi connectivity index (χ1v) is 7.72. The molecule has 0 radical (unpaired) electrons. The lowest BCUT2D eigenvalue weighted by Gasteiger charge is -2.16. The number of carbonyl (C=O) groups excluding carboxylic acids is 1. The first-order chi connectivity index (χ1) is 11.2. The van der Waals surface area contributed by atoms with Gasteiger partial charge in [0.05, 0.1) is 13.7 Å². The summed E-state index contributed by atoms with van der Waals surface area (Å²) >= 11 is 0. The minimum Gasteiger partial charge on any atom is -0.496 e. The number of fused-ring (bicyclic) bond motifs is 1. The van der Waals surface area contributed by atoms with E-state index < -0.39 is 6.10 Å². The highest BCUT2D eigenvalue weighted by Crippen LogP contribution is 2.27. The molecule has 0 aliphatic rings. The van der Waals surface area contributed by atoms with Gasteiger partial charge in [0.1, 0.15) is 11.9 Å². The Bertz CT molecular complexity index is 681. The van der Waals surface area contributed by atoms with Crippen LogP contribution < -0.4 is 10.1 Å². The fourth-order valence-corrected chi connectivity index (χ4v) is 2.41. The Morgan fingerprint density at radius 3 is 2.83 bits per heavy atom. The highest BCUT2D eigenvalue weighted by atomic mass is 16.5. The average Bonchev–Trinajstić information content (AvgIpc) is 2.59. The van der Waals surface area contributed by atoms with E-state index in [1.165, 1.54) is 0 Å². The van der Waals surface area contributed by atoms with Crippen LogP contribution in [0.4, 0.5) is 0 Å². The van der Waals surface area contributed by atoms with Gasteiger partial charge in [-0.2, -0.15) is 0 Å². The van der Waals surface area contributed by atoms with Gasteiger partial charge in [0, 0.05) is 12.1 Å². The summed E-state index contributed by atoms with van der Waals surface area (Å²) in [6, 6.07) is 12.0. The molecule has 0 spiro atoms. The molecule has 2 aromatic rings. The van der Waals surface area contributed by atoms with Gasteiger partial charge < -0.3 is 14.8 Å². The lowest BCUT2D eigenvalue weighted by atomic mass is 10.0. The van der Waals surface area contributed by atoms with Gasteiger partial charge in [-0.3, -0.25) is 4.79 Å². The lowest BCUT2D eigenvalue weighted by Crippen LogP contribution is -2.34. The smallest absolute Gasteiger partial charge is 0.249 e. The van der Waals surface area contributed by atoms with E-state index in [0.717, 1.165) is 28.5 Å². The van der Waals surface area contributed by atoms with Crippen LogP contribution in [0.3, 0.4) is 0 Å². The van der Waals surface area contributed by atoms with Crippen LogP contribution in [0.2, 0.25) is 0 Å². The van der Waals surface area contributed by atoms with Crippen molar-refractivity contribution >= 4 is 16.7 Å². The number of benzene rings is 2. The molecule has 2 aromatic carbocycles. The molecule has 0 aliphatic carbocycles. The normalized spacial score (nSPS) is 11.9. The first kappa shape index (κ1) is 17.0. The van der Waals surface area contributed by atoms with Gasteiger partial charge >= 0.3 is 0 Å². The maximum atomic E-state index is 12.1. The Hall–Kier alpha value is -2.33. The standard InChI is InChI=1S/C19H23NO3/c1-4-5-12-23-14(2)19(21)20-13-17-16-9-7-6-8-15(16)10-11-18(17)22-3/h4,6-11,14H,1,5,12-13H2,2-3H3,(H,20,21). The summed E-state index contributed by atoms with van der Waals surface area (Å²) in [5, 5.41) is 5.12. The van der Waals surface area contributed by atoms with Crippen LogP contribution in [0.25, 0.3) is 10.8 Å². The third-order valence-electron chi connectivity index (χ3n) is 3.72. The van der Waals surface area contributed by atoms with E-state index in [1.807, 2.05) is 36.4 Å². The number of rotatable bonds is 8. The zero-order chi connectivity index (χ0) is 16.7. The molecule has 0 aliphatic heterocycles. The Kier molecular flexibility index (Phi) is 6.18. The fraction of sp³-hybridized carbons (Fsp3) is 0.316. The molecule has 4 heteroatoms. The van der Waals surface area contributed by atoms with Crippen LogP contribution in [0.5, 0.6) is 5.75 Å². The van der Waals surface area contributed by atoms with Crippen LogP contribution in [0.15, 0.2) is 49.1 Å². The molecule has 2 rings (SSSR count). The highest BCUT2D eigenvalue weighted by Gasteiger charge is 2.14. The quantitative estimate of drug-likeness (QED) is 0.600. The molecule has 122 valence electrons. The van der Waals surface area contributed by atoms with Crippen molar-refractivity contribution in [2.45, 2.75) is 26.0 Å². The number of methoxy groups -OCH3 is 1. The maximum Gasteiger partial charge on any atom is 0.249 e. The second-order valence-electron chi connectivity index (χ2n) is 5.28. The molecule has 23 heavy (non-hydrogen) atoms. The van der Waals surface area contributed by atoms with E-state index in [9.17, 15) is 4.79 Å². The number of carbonyl (C=O) groups is 1. The van der Waals surface area contributed by atoms with Crippen LogP contribution >= 0.6 is 0 Å². The second-order valence-corrected chi connectivity index (χ2v) is 5.28. The molecule has 0 bridgehead atoms. The van der Waals surface area contributed by atoms with Crippen molar-refractivity contribution in [2.75, 3.05) is 13.7 Å². The van der Waals surface area contributed by atoms with Crippen molar-refractivity contribution in [3.8, 4) is 5.75 Å². The third-order valence-corrected chi connectivity index (χ3v) is 3.72. The molecule has 0 fully saturated rings. The number of nitrogens with one attached hydrogen (secondary N) is 1. The van der Waals surface area contributed by atoms with E-state index >= 15 is 0 Å². The summed E-state index contributed by atoms with van der Waals surface area (Å²) in [5.41, 5.74) is 0.970. The van der Waals surface area contributed by atoms with E-state index in [1.54, 1.807) is 20.1 Å². The Labute approximate surface area is 137 Å². The Balaban J connectivity index is 2.09. The van der Waals surface area contributed by atoms with Gasteiger partial charge in [-0.1, -0.05) is 36.4 Å². The van der Waals surface area contributed by atoms with Gasteiger partial charge in [-0.25, -0.2) is 0 Å². The summed E-state index contributed by atoms with van der Waals surface area (Å²) in [4.78, 5) is 12.1. The number of amides is 1. The van der Waals surface area contributed by atoms with Gasteiger partial charge in [-0.15, -0.1) is 6.58 Å². The zero-order valence-corrected chi connectivity index (χ0v) is 13.7. The van der Waals surface area contributed by atoms with Crippen molar-refractivity contribution in [3.63, 3.8) is 0 Å². The molecule has 1 unspecified atom stereocenters. The molecule has 0 saturated carbocycles. The van der Waals surface area contributed by atoms with Crippen molar-refractivity contribution < 1.29 is 14.3 Å². The second kappa shape index (κ2) is 8.34. The first-order valence-electron chi connectivity index (χ1n) is 7.72. The van der Waals surface area contributed by atoms with Crippen molar-refractivity contribution in [2.24, 2.45) is 0 Å². The molecule has 4 nitrogen and oxygen atoms in total. The molecule has 1 atom stereocenters. The van der Waals surface area contributed by atoms with Gasteiger partial charge in [0.2, 0.25) is 5.91 Å². The minimum atomic E-state index is -0.490. The van der Waals surface area contributed by atoms with E-state index in [-0.39, 0.29) is 5.91 Å². The van der Waals surface area contributed by atoms with Gasteiger partial charge in [-0.05, 0) is 30.2 Å². The maximum absolute atomic E-state index is 12.1. The van der Waals surface area contributed by atoms with Crippen LogP contribution in [0.1, 0.15) is 18.9 Å². The number of hydrogen-bond acceptors (Lipinski definition) is 3. The molecular formula is C19H23NO3. The van der Waals surface area contributed by atoms with Crippen LogP contribution in [-0.2, 0) is 16.1 Å². The largest absolute Gasteiger partial charge is 0.496 e. The lowest BCUT2D eigenvalue weighted by molar-refractivity contribution is -0.131. The summed E-state index contributed by atoms with van der Waals surface area (Å²) in [7, 11) is 1.64. The van der Waals surface area contributed by atoms with E-state index in [0.29, 0.717) is 13.2 Å². The zero-order valence-electron chi connectivity index (χ0n) is 13.7. The van der Waals surface area contributed by atoms with Crippen LogP contribution in [-0.4, -0.2) is 25.7 Å². The highest BCUT2D eigenvalue weighted by molar-refractivity contribution is 5.88. The van der Waals surface area contributed by atoms with Crippen molar-refractivity contribution in [1.29, 1.82) is 0 Å². The molecule has 0 saturated heterocycles. The average molecular weight is 313 g/mol. The SMILES string of the molecule is C=CCCOC(C)C(=O)NCc1c(OC)ccc2ccccc12. The third kappa shape index (κ3) is 4.33. The Morgan fingerprint density at radius 1 is 1.30 bits per heavy atom. The molecule has 0 heterocycles. The van der Waals surface area contributed by atoms with E-state index in [4.69, 9.17) is 9.47 Å². The molecule has 0 aromatic heterocycles. The Morgan fingerprint density at radius 2 is 2.09 bits per heavy atom. The number of hydrogen-bond donors (Lipinski definition) is 1. The van der Waals surface area contributed by atoms with E-state index in [2.05, 4.69) is 11.9 Å². The monoisotopic (exact) mass is 313 g/mol. The van der Waals surface area contributed by atoms with Gasteiger partial charge in [0.15, 0.2) is 0 Å². The topological polar surface area (TPSA) is 47.6 Å². The summed E-state index contributed by atoms with van der Waals surface area (Å²) in [6.45, 7) is 6.28. The molecule has 1 amide bonds. The summed E-state index contributed by atoms with van der Waals surface area (Å²) in [6.07, 6.45) is 2.01. The predicted octanol–water partition coefficient (Wildman–Crippen LogP) is 3.45. The van der Waals surface area contributed by atoms with Crippen molar-refractivity contribution in [1.82, 2.24) is 5.32 Å². The summed E-state index contributed by atoms with van der Waals surface area (Å²) < 4.78 is 10.9. The fourth-order valence-electron chi connectivity index (χ4n) is 2.41. The molecular weight excluding hydrogens is 290 g/mol. The summed E-state index contributed by atoms with van der Waals surface area (Å²) in [5.74, 6) is 0.633. The predicted molar refractivity (Wildman–Crippen MR) is 92.6 cm³/mol. The van der Waals surface area contributed by atoms with Crippen LogP contribution in [0, 0.1) is 0 Å².